The summed E-state index contributed by atoms with van der Waals surface area (Å²) in [4.78, 5) is 27.6. The van der Waals surface area contributed by atoms with E-state index in [1.807, 2.05) is 18.2 Å². The molecular formula is C25H18N2O3. The van der Waals surface area contributed by atoms with Gasteiger partial charge >= 0.3 is 0 Å². The number of amides is 2. The van der Waals surface area contributed by atoms with Gasteiger partial charge in [-0.15, -0.1) is 0 Å². The first-order chi connectivity index (χ1) is 14.6. The molecule has 0 spiro atoms. The molecule has 1 aliphatic heterocycles. The second-order valence-electron chi connectivity index (χ2n) is 6.88. The van der Waals surface area contributed by atoms with Crippen molar-refractivity contribution < 1.29 is 14.3 Å². The first-order valence-electron chi connectivity index (χ1n) is 9.41. The van der Waals surface area contributed by atoms with E-state index in [-0.39, 0.29) is 18.4 Å². The number of nitriles is 1. The third-order valence-electron chi connectivity index (χ3n) is 5.02. The number of hydrogen-bond acceptors (Lipinski definition) is 4. The van der Waals surface area contributed by atoms with Crippen molar-refractivity contribution >= 4 is 23.5 Å². The highest BCUT2D eigenvalue weighted by molar-refractivity contribution is 6.33. The zero-order chi connectivity index (χ0) is 21.1. The third kappa shape index (κ3) is 3.59. The molecule has 30 heavy (non-hydrogen) atoms. The number of carbonyl (C=O) groups is 2. The lowest BCUT2D eigenvalue weighted by Crippen LogP contribution is -2.41. The van der Waals surface area contributed by atoms with Gasteiger partial charge in [0.1, 0.15) is 5.75 Å². The molecule has 0 atom stereocenters. The van der Waals surface area contributed by atoms with Crippen molar-refractivity contribution in [3.63, 3.8) is 0 Å². The standard InChI is InChI=1S/C25H18N2O3/c1-30-20-12-10-19(11-13-20)16-27-24(28)22-5-3-2-4-21(22)23(25(27)29)14-17-6-8-18(15-26)9-7-17/h2-14H,16H2,1H3/b23-14-. The maximum absolute atomic E-state index is 13.3. The average molecular weight is 394 g/mol. The van der Waals surface area contributed by atoms with Gasteiger partial charge in [-0.05, 0) is 53.1 Å². The van der Waals surface area contributed by atoms with Crippen LogP contribution in [0.15, 0.2) is 72.8 Å². The summed E-state index contributed by atoms with van der Waals surface area (Å²) >= 11 is 0. The first kappa shape index (κ1) is 19.2. The molecule has 0 fully saturated rings. The number of hydrogen-bond donors (Lipinski definition) is 0. The lowest BCUT2D eigenvalue weighted by atomic mass is 9.91. The van der Waals surface area contributed by atoms with E-state index in [9.17, 15) is 9.59 Å². The highest BCUT2D eigenvalue weighted by Gasteiger charge is 2.34. The molecular weight excluding hydrogens is 376 g/mol. The molecule has 4 rings (SSSR count). The number of ether oxygens (including phenoxy) is 1. The van der Waals surface area contributed by atoms with Crippen molar-refractivity contribution in [2.75, 3.05) is 7.11 Å². The van der Waals surface area contributed by atoms with E-state index in [1.165, 1.54) is 4.90 Å². The molecule has 0 bridgehead atoms. The van der Waals surface area contributed by atoms with Crippen molar-refractivity contribution in [3.05, 3.63) is 101 Å². The molecule has 0 saturated carbocycles. The highest BCUT2D eigenvalue weighted by atomic mass is 16.5. The van der Waals surface area contributed by atoms with Crippen molar-refractivity contribution in [2.45, 2.75) is 6.54 Å². The summed E-state index contributed by atoms with van der Waals surface area (Å²) in [6.45, 7) is 0.167. The van der Waals surface area contributed by atoms with Gasteiger partial charge in [0.05, 0.1) is 25.3 Å². The van der Waals surface area contributed by atoms with Crippen molar-refractivity contribution in [2.24, 2.45) is 0 Å². The second kappa shape index (κ2) is 8.06. The first-order valence-corrected chi connectivity index (χ1v) is 9.41. The Bertz CT molecular complexity index is 1190. The average Bonchev–Trinajstić information content (AvgIpc) is 2.80. The van der Waals surface area contributed by atoms with E-state index < -0.39 is 0 Å². The van der Waals surface area contributed by atoms with Crippen molar-refractivity contribution in [3.8, 4) is 11.8 Å². The third-order valence-corrected chi connectivity index (χ3v) is 5.02. The Kier molecular flexibility index (Phi) is 5.15. The van der Waals surface area contributed by atoms with Gasteiger partial charge in [0.15, 0.2) is 0 Å². The topological polar surface area (TPSA) is 70.4 Å². The fourth-order valence-corrected chi connectivity index (χ4v) is 3.42. The van der Waals surface area contributed by atoms with Gasteiger partial charge in [-0.1, -0.05) is 42.5 Å². The monoisotopic (exact) mass is 394 g/mol. The van der Waals surface area contributed by atoms with Crippen molar-refractivity contribution in [1.29, 1.82) is 5.26 Å². The Hall–Kier alpha value is -4.17. The minimum atomic E-state index is -0.348. The molecule has 0 N–H and O–H groups in total. The molecule has 2 amide bonds. The van der Waals surface area contributed by atoms with Gasteiger partial charge in [0.25, 0.3) is 11.8 Å². The normalized spacial score (nSPS) is 14.4. The summed E-state index contributed by atoms with van der Waals surface area (Å²) in [5.41, 5.74) is 3.71. The minimum absolute atomic E-state index is 0.167. The second-order valence-corrected chi connectivity index (χ2v) is 6.88. The molecule has 3 aromatic rings. The van der Waals surface area contributed by atoms with E-state index in [4.69, 9.17) is 10.00 Å². The summed E-state index contributed by atoms with van der Waals surface area (Å²) < 4.78 is 5.17. The van der Waals surface area contributed by atoms with Crippen LogP contribution >= 0.6 is 0 Å². The molecule has 0 aromatic heterocycles. The molecule has 0 saturated heterocycles. The number of benzene rings is 3. The van der Waals surface area contributed by atoms with Crippen LogP contribution in [-0.2, 0) is 11.3 Å². The number of nitrogens with zero attached hydrogens (tertiary/aromatic N) is 2. The van der Waals surface area contributed by atoms with Crippen molar-refractivity contribution in [1.82, 2.24) is 4.90 Å². The molecule has 3 aromatic carbocycles. The molecule has 0 aliphatic carbocycles. The summed E-state index contributed by atoms with van der Waals surface area (Å²) in [6.07, 6.45) is 1.76. The fourth-order valence-electron chi connectivity index (χ4n) is 3.42. The van der Waals surface area contributed by atoms with E-state index in [0.717, 1.165) is 11.1 Å². The largest absolute Gasteiger partial charge is 0.497 e. The maximum atomic E-state index is 13.3. The van der Waals surface area contributed by atoms with Gasteiger partial charge in [0, 0.05) is 11.1 Å². The van der Waals surface area contributed by atoms with E-state index in [1.54, 1.807) is 67.8 Å². The Morgan fingerprint density at radius 1 is 0.900 bits per heavy atom. The predicted molar refractivity (Wildman–Crippen MR) is 113 cm³/mol. The van der Waals surface area contributed by atoms with Crippen LogP contribution in [0.1, 0.15) is 32.6 Å². The van der Waals surface area contributed by atoms with Gasteiger partial charge in [-0.3, -0.25) is 14.5 Å². The summed E-state index contributed by atoms with van der Waals surface area (Å²) in [5, 5.41) is 8.99. The van der Waals surface area contributed by atoms with E-state index in [2.05, 4.69) is 6.07 Å². The fraction of sp³-hybridized carbons (Fsp3) is 0.0800. The van der Waals surface area contributed by atoms with Crippen LogP contribution in [0.2, 0.25) is 0 Å². The van der Waals surface area contributed by atoms with Crippen LogP contribution in [0.25, 0.3) is 11.6 Å². The van der Waals surface area contributed by atoms with E-state index >= 15 is 0 Å². The number of imide groups is 1. The summed E-state index contributed by atoms with van der Waals surface area (Å²) in [6, 6.07) is 23.4. The molecule has 0 radical (unpaired) electrons. The summed E-state index contributed by atoms with van der Waals surface area (Å²) in [5.74, 6) is 0.0454. The number of methoxy groups -OCH3 is 1. The molecule has 146 valence electrons. The maximum Gasteiger partial charge on any atom is 0.261 e. The molecule has 1 heterocycles. The number of fused-ring (bicyclic) bond motifs is 1. The quantitative estimate of drug-likeness (QED) is 0.489. The molecule has 5 heteroatoms. The Morgan fingerprint density at radius 3 is 2.20 bits per heavy atom. The smallest absolute Gasteiger partial charge is 0.261 e. The summed E-state index contributed by atoms with van der Waals surface area (Å²) in [7, 11) is 1.59. The Labute approximate surface area is 174 Å². The predicted octanol–water partition coefficient (Wildman–Crippen LogP) is 4.29. The minimum Gasteiger partial charge on any atom is -0.497 e. The van der Waals surface area contributed by atoms with Crippen LogP contribution in [-0.4, -0.2) is 23.8 Å². The van der Waals surface area contributed by atoms with E-state index in [0.29, 0.717) is 28.0 Å². The molecule has 0 unspecified atom stereocenters. The number of rotatable bonds is 4. The van der Waals surface area contributed by atoms with Crippen LogP contribution in [0, 0.1) is 11.3 Å². The number of carbonyl (C=O) groups excluding carboxylic acids is 2. The SMILES string of the molecule is COc1ccc(CN2C(=O)/C(=C\c3ccc(C#N)cc3)c3ccccc3C2=O)cc1. The van der Waals surface area contributed by atoms with Crippen LogP contribution in [0.3, 0.4) is 0 Å². The zero-order valence-electron chi connectivity index (χ0n) is 16.3. The molecule has 5 nitrogen and oxygen atoms in total. The van der Waals surface area contributed by atoms with Gasteiger partial charge < -0.3 is 4.74 Å². The van der Waals surface area contributed by atoms with Crippen LogP contribution < -0.4 is 4.74 Å². The van der Waals surface area contributed by atoms with Gasteiger partial charge in [0.2, 0.25) is 0 Å². The highest BCUT2D eigenvalue weighted by Crippen LogP contribution is 2.31. The lowest BCUT2D eigenvalue weighted by molar-refractivity contribution is -0.123. The molecule has 1 aliphatic rings. The van der Waals surface area contributed by atoms with Crippen LogP contribution in [0.5, 0.6) is 5.75 Å². The Balaban J connectivity index is 1.74. The Morgan fingerprint density at radius 2 is 1.57 bits per heavy atom. The van der Waals surface area contributed by atoms with Gasteiger partial charge in [-0.25, -0.2) is 0 Å². The van der Waals surface area contributed by atoms with Crippen LogP contribution in [0.4, 0.5) is 0 Å². The zero-order valence-corrected chi connectivity index (χ0v) is 16.3. The van der Waals surface area contributed by atoms with Gasteiger partial charge in [-0.2, -0.15) is 5.26 Å². The lowest BCUT2D eigenvalue weighted by Gasteiger charge is -2.28.